The van der Waals surface area contributed by atoms with E-state index in [2.05, 4.69) is 36.3 Å². The minimum atomic E-state index is -0.269. The second-order valence-electron chi connectivity index (χ2n) is 5.98. The maximum atomic E-state index is 12.2. The largest absolute Gasteiger partial charge is 0.374 e. The molecule has 1 amide bonds. The Balaban J connectivity index is 1.96. The van der Waals surface area contributed by atoms with Crippen molar-refractivity contribution in [1.82, 2.24) is 10.2 Å². The molecule has 0 aliphatic rings. The minimum Gasteiger partial charge on any atom is -0.374 e. The topological polar surface area (TPSA) is 80.9 Å². The van der Waals surface area contributed by atoms with E-state index < -0.39 is 0 Å². The van der Waals surface area contributed by atoms with Crippen molar-refractivity contribution in [2.45, 2.75) is 42.7 Å². The van der Waals surface area contributed by atoms with Gasteiger partial charge in [0.15, 0.2) is 4.34 Å². The number of nitrogen functional groups attached to an aromatic ring is 1. The summed E-state index contributed by atoms with van der Waals surface area (Å²) in [7, 11) is 0. The number of nitrogens with two attached hydrogens (primary N) is 1. The van der Waals surface area contributed by atoms with Gasteiger partial charge < -0.3 is 11.1 Å². The molecule has 22 heavy (non-hydrogen) atoms. The Hall–Kier alpha value is -1.60. The zero-order valence-electron chi connectivity index (χ0n) is 13.1. The normalized spacial score (nSPS) is 12.9. The summed E-state index contributed by atoms with van der Waals surface area (Å²) in [5.41, 5.74) is 7.66. The first-order chi connectivity index (χ1) is 10.3. The van der Waals surface area contributed by atoms with Crippen molar-refractivity contribution in [3.8, 4) is 0 Å². The molecule has 0 bridgehead atoms. The van der Waals surface area contributed by atoms with Crippen LogP contribution in [0.2, 0.25) is 0 Å². The Bertz CT molecular complexity index is 646. The van der Waals surface area contributed by atoms with Crippen LogP contribution in [0, 0.1) is 0 Å². The van der Waals surface area contributed by atoms with E-state index in [1.807, 2.05) is 31.2 Å². The van der Waals surface area contributed by atoms with E-state index >= 15 is 0 Å². The lowest BCUT2D eigenvalue weighted by Crippen LogP contribution is -2.22. The number of nitrogens with zero attached hydrogens (tertiary/aromatic N) is 2. The molecule has 0 aliphatic heterocycles. The van der Waals surface area contributed by atoms with Crippen LogP contribution in [-0.2, 0) is 10.2 Å². The van der Waals surface area contributed by atoms with E-state index in [0.29, 0.717) is 9.47 Å². The summed E-state index contributed by atoms with van der Waals surface area (Å²) in [4.78, 5) is 12.2. The zero-order valence-corrected chi connectivity index (χ0v) is 14.7. The fourth-order valence-electron chi connectivity index (χ4n) is 1.77. The number of nitrogens with one attached hydrogen (secondary N) is 1. The van der Waals surface area contributed by atoms with Crippen LogP contribution in [0.1, 0.15) is 33.3 Å². The Labute approximate surface area is 138 Å². The summed E-state index contributed by atoms with van der Waals surface area (Å²) >= 11 is 2.64. The van der Waals surface area contributed by atoms with Gasteiger partial charge in [0, 0.05) is 5.69 Å². The highest BCUT2D eigenvalue weighted by Gasteiger charge is 2.18. The molecule has 3 N–H and O–H groups in total. The van der Waals surface area contributed by atoms with Gasteiger partial charge in [-0.3, -0.25) is 4.79 Å². The Kier molecular flexibility index (Phi) is 5.08. The average molecular weight is 336 g/mol. The first-order valence-corrected chi connectivity index (χ1v) is 8.62. The van der Waals surface area contributed by atoms with Gasteiger partial charge in [0.1, 0.15) is 0 Å². The van der Waals surface area contributed by atoms with Crippen molar-refractivity contribution in [3.05, 3.63) is 29.8 Å². The van der Waals surface area contributed by atoms with Gasteiger partial charge >= 0.3 is 0 Å². The molecule has 0 radical (unpaired) electrons. The summed E-state index contributed by atoms with van der Waals surface area (Å²) in [5.74, 6) is -0.0673. The maximum absolute atomic E-state index is 12.2. The van der Waals surface area contributed by atoms with Crippen LogP contribution in [0.5, 0.6) is 0 Å². The number of benzene rings is 1. The van der Waals surface area contributed by atoms with E-state index in [-0.39, 0.29) is 16.6 Å². The number of carbonyl (C=O) groups is 1. The third-order valence-electron chi connectivity index (χ3n) is 3.09. The lowest BCUT2D eigenvalue weighted by Gasteiger charge is -2.19. The summed E-state index contributed by atoms with van der Waals surface area (Å²) < 4.78 is 0.697. The van der Waals surface area contributed by atoms with Crippen LogP contribution < -0.4 is 11.1 Å². The van der Waals surface area contributed by atoms with Gasteiger partial charge in [0.05, 0.1) is 5.25 Å². The van der Waals surface area contributed by atoms with E-state index in [9.17, 15) is 4.79 Å². The van der Waals surface area contributed by atoms with Crippen LogP contribution in [-0.4, -0.2) is 21.4 Å². The van der Waals surface area contributed by atoms with Gasteiger partial charge in [-0.25, -0.2) is 0 Å². The minimum absolute atomic E-state index is 0.0673. The van der Waals surface area contributed by atoms with Crippen molar-refractivity contribution in [2.75, 3.05) is 11.1 Å². The molecule has 2 aromatic rings. The quantitative estimate of drug-likeness (QED) is 0.835. The molecule has 0 fully saturated rings. The molecule has 5 nitrogen and oxygen atoms in total. The number of thioether (sulfide) groups is 1. The van der Waals surface area contributed by atoms with Crippen LogP contribution >= 0.6 is 23.1 Å². The van der Waals surface area contributed by atoms with Crippen molar-refractivity contribution in [3.63, 3.8) is 0 Å². The number of hydrogen-bond acceptors (Lipinski definition) is 6. The van der Waals surface area contributed by atoms with E-state index in [1.165, 1.54) is 28.7 Å². The third-order valence-corrected chi connectivity index (χ3v) is 5.02. The molecule has 1 aromatic heterocycles. The van der Waals surface area contributed by atoms with Crippen molar-refractivity contribution in [1.29, 1.82) is 0 Å². The van der Waals surface area contributed by atoms with Crippen molar-refractivity contribution >= 4 is 39.8 Å². The Morgan fingerprint density at radius 1 is 1.27 bits per heavy atom. The lowest BCUT2D eigenvalue weighted by atomic mass is 9.87. The highest BCUT2D eigenvalue weighted by Crippen LogP contribution is 2.28. The lowest BCUT2D eigenvalue weighted by molar-refractivity contribution is -0.115. The van der Waals surface area contributed by atoms with Gasteiger partial charge in [0.2, 0.25) is 11.0 Å². The van der Waals surface area contributed by atoms with E-state index in [0.717, 1.165) is 5.69 Å². The molecule has 1 aromatic carbocycles. The Morgan fingerprint density at radius 2 is 1.91 bits per heavy atom. The summed E-state index contributed by atoms with van der Waals surface area (Å²) in [6.07, 6.45) is 0. The molecule has 1 heterocycles. The van der Waals surface area contributed by atoms with Gasteiger partial charge in [-0.15, -0.1) is 10.2 Å². The number of carbonyl (C=O) groups excluding carboxylic acids is 1. The highest BCUT2D eigenvalue weighted by molar-refractivity contribution is 8.02. The smallest absolute Gasteiger partial charge is 0.237 e. The molecule has 2 rings (SSSR count). The third kappa shape index (κ3) is 4.45. The number of amides is 1. The molecule has 0 spiro atoms. The van der Waals surface area contributed by atoms with Crippen LogP contribution in [0.3, 0.4) is 0 Å². The molecular weight excluding hydrogens is 316 g/mol. The van der Waals surface area contributed by atoms with Crippen molar-refractivity contribution in [2.24, 2.45) is 0 Å². The van der Waals surface area contributed by atoms with E-state index in [1.54, 1.807) is 0 Å². The summed E-state index contributed by atoms with van der Waals surface area (Å²) in [5, 5.41) is 10.7. The SMILES string of the molecule is CC(Sc1nnc(N)s1)C(=O)Nc1ccc(C(C)(C)C)cc1. The fraction of sp³-hybridized carbons (Fsp3) is 0.400. The molecule has 0 saturated carbocycles. The number of hydrogen-bond donors (Lipinski definition) is 2. The van der Waals surface area contributed by atoms with Gasteiger partial charge in [0.25, 0.3) is 0 Å². The Morgan fingerprint density at radius 3 is 2.41 bits per heavy atom. The van der Waals surface area contributed by atoms with Gasteiger partial charge in [-0.2, -0.15) is 0 Å². The van der Waals surface area contributed by atoms with Crippen LogP contribution in [0.25, 0.3) is 0 Å². The molecule has 118 valence electrons. The standard InChI is InChI=1S/C15H20N4OS2/c1-9(21-14-19-18-13(16)22-14)12(20)17-11-7-5-10(6-8-11)15(2,3)4/h5-9H,1-4H3,(H2,16,18)(H,17,20). The molecule has 0 saturated heterocycles. The molecule has 0 aliphatic carbocycles. The summed E-state index contributed by atoms with van der Waals surface area (Å²) in [6.45, 7) is 8.31. The monoisotopic (exact) mass is 336 g/mol. The fourth-order valence-corrected chi connectivity index (χ4v) is 3.55. The first-order valence-electron chi connectivity index (χ1n) is 6.93. The maximum Gasteiger partial charge on any atom is 0.237 e. The second-order valence-corrected chi connectivity index (χ2v) is 8.58. The summed E-state index contributed by atoms with van der Waals surface area (Å²) in [6, 6.07) is 7.94. The number of rotatable bonds is 4. The number of anilines is 2. The molecular formula is C15H20N4OS2. The molecule has 1 unspecified atom stereocenters. The van der Waals surface area contributed by atoms with E-state index in [4.69, 9.17) is 5.73 Å². The first kappa shape index (κ1) is 16.8. The highest BCUT2D eigenvalue weighted by atomic mass is 32.2. The predicted molar refractivity (Wildman–Crippen MR) is 93.4 cm³/mol. The molecule has 1 atom stereocenters. The van der Waals surface area contributed by atoms with Gasteiger partial charge in [-0.05, 0) is 30.0 Å². The van der Waals surface area contributed by atoms with Crippen LogP contribution in [0.15, 0.2) is 28.6 Å². The van der Waals surface area contributed by atoms with Crippen molar-refractivity contribution < 1.29 is 4.79 Å². The number of aromatic nitrogens is 2. The van der Waals surface area contributed by atoms with Gasteiger partial charge in [-0.1, -0.05) is 56.0 Å². The van der Waals surface area contributed by atoms with Crippen LogP contribution in [0.4, 0.5) is 10.8 Å². The average Bonchev–Trinajstić information content (AvgIpc) is 2.83. The zero-order chi connectivity index (χ0) is 16.3. The second kappa shape index (κ2) is 6.66. The predicted octanol–water partition coefficient (Wildman–Crippen LogP) is 3.54. The molecule has 7 heteroatoms.